The first-order valence-corrected chi connectivity index (χ1v) is 36.7. The number of piperidine rings is 2. The molecule has 15 nitrogen and oxygen atoms in total. The normalized spacial score (nSPS) is 22.4. The zero-order valence-electron chi connectivity index (χ0n) is 56.4. The Balaban J connectivity index is 0.000000138. The van der Waals surface area contributed by atoms with Gasteiger partial charge in [0.05, 0.1) is 11.8 Å². The fourth-order valence-electron chi connectivity index (χ4n) is 17.3. The van der Waals surface area contributed by atoms with E-state index in [1.807, 2.05) is 106 Å². The quantitative estimate of drug-likeness (QED) is 0.0648. The molecule has 2 unspecified atom stereocenters. The third-order valence-electron chi connectivity index (χ3n) is 22.7. The van der Waals surface area contributed by atoms with Crippen molar-refractivity contribution in [3.63, 3.8) is 0 Å². The van der Waals surface area contributed by atoms with Crippen LogP contribution in [0.1, 0.15) is 219 Å². The van der Waals surface area contributed by atoms with Crippen molar-refractivity contribution in [2.24, 2.45) is 23.7 Å². The number of carbonyl (C=O) groups is 5. The monoisotopic (exact) mass is 1300 g/mol. The van der Waals surface area contributed by atoms with Crippen molar-refractivity contribution >= 4 is 29.7 Å². The number of hydrogen-bond acceptors (Lipinski definition) is 10. The van der Waals surface area contributed by atoms with E-state index in [9.17, 15) is 39.3 Å². The summed E-state index contributed by atoms with van der Waals surface area (Å²) in [6.07, 6.45) is 28.4. The van der Waals surface area contributed by atoms with Gasteiger partial charge < -0.3 is 25.1 Å². The van der Waals surface area contributed by atoms with Crippen LogP contribution in [0.5, 0.6) is 0 Å². The number of pyridine rings is 3. The first-order chi connectivity index (χ1) is 46.9. The van der Waals surface area contributed by atoms with Gasteiger partial charge in [0, 0.05) is 97.7 Å². The molecule has 1 saturated carbocycles. The Bertz CT molecular complexity index is 3410. The summed E-state index contributed by atoms with van der Waals surface area (Å²) in [5, 5.41) is 29.5. The molecule has 8 aliphatic rings. The van der Waals surface area contributed by atoms with E-state index < -0.39 is 35.9 Å². The molecule has 4 aliphatic heterocycles. The average Bonchev–Trinajstić information content (AvgIpc) is 1.64. The number of carboxylic acids is 3. The number of aliphatic carboxylic acids is 3. The highest BCUT2D eigenvalue weighted by molar-refractivity contribution is 5.81. The number of fused-ring (bicyclic) bond motifs is 3. The molecule has 2 amide bonds. The topological polar surface area (TPSA) is 198 Å². The molecule has 6 aromatic rings. The first-order valence-electron chi connectivity index (χ1n) is 36.7. The number of benzene rings is 3. The second-order valence-corrected chi connectivity index (χ2v) is 28.9. The van der Waals surface area contributed by atoms with E-state index in [2.05, 4.69) is 41.3 Å². The zero-order valence-corrected chi connectivity index (χ0v) is 56.4. The highest BCUT2D eigenvalue weighted by Crippen LogP contribution is 2.43. The maximum absolute atomic E-state index is 13.3. The van der Waals surface area contributed by atoms with Crippen LogP contribution in [0.2, 0.25) is 0 Å². The van der Waals surface area contributed by atoms with Gasteiger partial charge in [-0.25, -0.2) is 0 Å². The molecule has 15 heteroatoms. The van der Waals surface area contributed by atoms with Gasteiger partial charge in [0.2, 0.25) is 11.8 Å². The summed E-state index contributed by atoms with van der Waals surface area (Å²) in [5.74, 6) is -1.13. The standard InChI is InChI=1S/C28H34N2O3.C27H33N3O3.C26H34N2O2/c31-27(23-11-10-22(18-23)26(28(32)33)21-7-2-1-3-8-21)30-16-14-20(15-17-30)25-13-12-19-6-4-5-9-24(19)29-25;31-26(22-14-17-30(18-22)25(27(32)33)21-7-2-1-3-8-21)29-15-12-20(13-16-29)24-11-10-19-6-4-5-9-23(19)28-24;29-26(30)25(22-11-4-2-5-12-22)28-18-17-20(19-28)9-3-1-6-13-23-16-15-21-10-7-8-14-24(21)27-23/h1-3,7-8,12-13,20,22-23,26H,4-6,9-11,14-18H2,(H,32,33);1-3,7-8,10-11,20,22,25H,4-6,9,12-18H2,(H,32,33);2,4-5,11-12,15-16,20,25H,1,3,6-10,13-14,17-19H2,(H,29,30)/t22?,23-,26-;22-,25-;20-,25?/m111/s1. The van der Waals surface area contributed by atoms with Crippen LogP contribution in [0, 0.1) is 23.7 Å². The van der Waals surface area contributed by atoms with Crippen LogP contribution < -0.4 is 0 Å². The molecule has 4 aliphatic carbocycles. The molecule has 7 heterocycles. The molecule has 0 bridgehead atoms. The van der Waals surface area contributed by atoms with Crippen molar-refractivity contribution in [2.75, 3.05) is 52.4 Å². The minimum Gasteiger partial charge on any atom is -0.481 e. The summed E-state index contributed by atoms with van der Waals surface area (Å²) in [4.78, 5) is 85.4. The second-order valence-electron chi connectivity index (χ2n) is 28.9. The lowest BCUT2D eigenvalue weighted by molar-refractivity contribution is -0.144. The maximum atomic E-state index is 13.3. The lowest BCUT2D eigenvalue weighted by atomic mass is 9.84. The van der Waals surface area contributed by atoms with Crippen LogP contribution in [0.15, 0.2) is 127 Å². The highest BCUT2D eigenvalue weighted by Gasteiger charge is 2.42. The van der Waals surface area contributed by atoms with Crippen molar-refractivity contribution < 1.29 is 39.3 Å². The molecule has 14 rings (SSSR count). The van der Waals surface area contributed by atoms with Crippen LogP contribution in [0.3, 0.4) is 0 Å². The molecule has 3 N–H and O–H groups in total. The van der Waals surface area contributed by atoms with E-state index in [1.54, 1.807) is 0 Å². The summed E-state index contributed by atoms with van der Waals surface area (Å²) in [5.41, 5.74) is 14.4. The van der Waals surface area contributed by atoms with Crippen LogP contribution in [0.4, 0.5) is 0 Å². The fraction of sp³-hybridized carbons (Fsp3) is 0.531. The number of aryl methyl sites for hydroxylation is 7. The van der Waals surface area contributed by atoms with E-state index >= 15 is 0 Å². The fourth-order valence-corrected chi connectivity index (χ4v) is 17.3. The van der Waals surface area contributed by atoms with Crippen molar-refractivity contribution in [3.05, 3.63) is 195 Å². The largest absolute Gasteiger partial charge is 0.481 e. The van der Waals surface area contributed by atoms with E-state index in [4.69, 9.17) is 15.0 Å². The lowest BCUT2D eigenvalue weighted by Gasteiger charge is -2.34. The minimum atomic E-state index is -0.854. The summed E-state index contributed by atoms with van der Waals surface area (Å²) in [7, 11) is 0. The molecule has 508 valence electrons. The Morgan fingerprint density at radius 2 is 0.875 bits per heavy atom. The van der Waals surface area contributed by atoms with Crippen molar-refractivity contribution in [2.45, 2.75) is 197 Å². The molecular weight excluding hydrogens is 1200 g/mol. The summed E-state index contributed by atoms with van der Waals surface area (Å²) in [6.45, 7) is 6.02. The Hall–Kier alpha value is -7.62. The van der Waals surface area contributed by atoms with E-state index in [0.717, 1.165) is 146 Å². The number of carbonyl (C=O) groups excluding carboxylic acids is 2. The SMILES string of the molecule is O=C(O)C(c1ccccc1)N1CC[C@@H](CCCCCc2ccc3c(n2)CCCC3)C1.O=C(O)[C@@H](c1ccccc1)N1CC[C@@H](C(=O)N2CCC(c3ccc4c(n3)CCCC4)CC2)C1.O=C(O)[C@H](c1ccccc1)C1CC[C@@H](C(=O)N2CCC(c3ccc4c(n3)CCCC4)CC2)C1. The van der Waals surface area contributed by atoms with Crippen LogP contribution >= 0.6 is 0 Å². The Morgan fingerprint density at radius 1 is 0.417 bits per heavy atom. The third kappa shape index (κ3) is 17.2. The van der Waals surface area contributed by atoms with Gasteiger partial charge in [-0.2, -0.15) is 0 Å². The van der Waals surface area contributed by atoms with Gasteiger partial charge in [-0.1, -0.05) is 122 Å². The third-order valence-corrected chi connectivity index (χ3v) is 22.7. The predicted molar refractivity (Wildman–Crippen MR) is 373 cm³/mol. The molecular formula is C81H101N7O8. The number of aromatic nitrogens is 3. The molecule has 3 aromatic carbocycles. The summed E-state index contributed by atoms with van der Waals surface area (Å²) < 4.78 is 0. The van der Waals surface area contributed by atoms with E-state index in [1.165, 1.54) is 121 Å². The number of carboxylic acid groups (broad SMARTS) is 3. The first kappa shape index (κ1) is 68.3. The number of nitrogens with zero attached hydrogens (tertiary/aromatic N) is 7. The van der Waals surface area contributed by atoms with Gasteiger partial charge in [0.1, 0.15) is 12.1 Å². The van der Waals surface area contributed by atoms with Crippen LogP contribution in [-0.4, -0.2) is 132 Å². The smallest absolute Gasteiger partial charge is 0.325 e. The molecule has 7 atom stereocenters. The number of amides is 2. The molecule has 0 radical (unpaired) electrons. The highest BCUT2D eigenvalue weighted by atomic mass is 16.4. The van der Waals surface area contributed by atoms with Gasteiger partial charge in [0.15, 0.2) is 0 Å². The van der Waals surface area contributed by atoms with Crippen LogP contribution in [-0.2, 0) is 68.9 Å². The van der Waals surface area contributed by atoms with Crippen molar-refractivity contribution in [1.29, 1.82) is 0 Å². The second kappa shape index (κ2) is 33.1. The molecule has 3 aromatic heterocycles. The predicted octanol–water partition coefficient (Wildman–Crippen LogP) is 14.0. The number of hydrogen-bond donors (Lipinski definition) is 3. The van der Waals surface area contributed by atoms with Crippen molar-refractivity contribution in [3.8, 4) is 0 Å². The average molecular weight is 1300 g/mol. The molecule has 5 fully saturated rings. The van der Waals surface area contributed by atoms with Crippen molar-refractivity contribution in [1.82, 2.24) is 34.6 Å². The van der Waals surface area contributed by atoms with Gasteiger partial charge in [0.25, 0.3) is 0 Å². The molecule has 0 spiro atoms. The Morgan fingerprint density at radius 3 is 1.39 bits per heavy atom. The number of unbranched alkanes of at least 4 members (excludes halogenated alkanes) is 2. The minimum absolute atomic E-state index is 0.0242. The Kier molecular flexibility index (Phi) is 23.5. The number of likely N-dealkylation sites (tertiary alicyclic amines) is 4. The maximum Gasteiger partial charge on any atom is 0.325 e. The molecule has 96 heavy (non-hydrogen) atoms. The van der Waals surface area contributed by atoms with Gasteiger partial charge in [-0.3, -0.25) is 48.7 Å². The Labute approximate surface area is 568 Å². The lowest BCUT2D eigenvalue weighted by Crippen LogP contribution is -2.42. The summed E-state index contributed by atoms with van der Waals surface area (Å²) >= 11 is 0. The zero-order chi connectivity index (χ0) is 66.3. The van der Waals surface area contributed by atoms with E-state index in [-0.39, 0.29) is 29.6 Å². The summed E-state index contributed by atoms with van der Waals surface area (Å²) in [6, 6.07) is 40.8. The van der Waals surface area contributed by atoms with Gasteiger partial charge in [-0.15, -0.1) is 0 Å². The van der Waals surface area contributed by atoms with Gasteiger partial charge >= 0.3 is 17.9 Å². The van der Waals surface area contributed by atoms with Gasteiger partial charge in [-0.05, 0) is 224 Å². The van der Waals surface area contributed by atoms with Crippen LogP contribution in [0.25, 0.3) is 0 Å². The number of rotatable bonds is 19. The van der Waals surface area contributed by atoms with E-state index in [0.29, 0.717) is 37.3 Å². The molecule has 4 saturated heterocycles.